The maximum atomic E-state index is 6.29. The molecule has 0 saturated carbocycles. The molecule has 0 aliphatic rings. The number of rotatable bonds is 4. The van der Waals surface area contributed by atoms with E-state index in [4.69, 9.17) is 22.3 Å². The first-order valence-electron chi connectivity index (χ1n) is 13.6. The van der Waals surface area contributed by atoms with Gasteiger partial charge in [0.1, 0.15) is 5.82 Å². The molecule has 208 valence electrons. The minimum Gasteiger partial charge on any atom is -0.778 e. The fourth-order valence-corrected chi connectivity index (χ4v) is 5.63. The first kappa shape index (κ1) is 28.1. The van der Waals surface area contributed by atoms with E-state index in [0.29, 0.717) is 16.5 Å². The number of benzene rings is 4. The van der Waals surface area contributed by atoms with Crippen LogP contribution >= 0.6 is 0 Å². The number of ether oxygens (including phenoxy) is 1. The van der Waals surface area contributed by atoms with E-state index in [2.05, 4.69) is 84.9 Å². The Bertz CT molecular complexity index is 2060. The third-order valence-corrected chi connectivity index (χ3v) is 7.84. The summed E-state index contributed by atoms with van der Waals surface area (Å²) in [6, 6.07) is 38.4. The van der Waals surface area contributed by atoms with E-state index in [1.54, 1.807) is 6.20 Å². The smallest absolute Gasteiger partial charge is 0.778 e. The molecule has 7 aromatic rings. The van der Waals surface area contributed by atoms with Crippen LogP contribution in [0.1, 0.15) is 26.3 Å². The van der Waals surface area contributed by atoms with Crippen molar-refractivity contribution in [2.24, 2.45) is 0 Å². The predicted octanol–water partition coefficient (Wildman–Crippen LogP) is 9.19. The van der Waals surface area contributed by atoms with Crippen LogP contribution in [0.5, 0.6) is 11.6 Å². The average Bonchev–Trinajstić information content (AvgIpc) is 3.31. The van der Waals surface area contributed by atoms with Crippen LogP contribution in [0.4, 0.5) is 0 Å². The largest absolute Gasteiger partial charge is 2.00 e. The van der Waals surface area contributed by atoms with Crippen LogP contribution in [0.15, 0.2) is 114 Å². The summed E-state index contributed by atoms with van der Waals surface area (Å²) >= 11 is 5.69. The summed E-state index contributed by atoms with van der Waals surface area (Å²) in [6.07, 6.45) is 1.80. The zero-order chi connectivity index (χ0) is 28.1. The summed E-state index contributed by atoms with van der Waals surface area (Å²) < 4.78 is 8.40. The van der Waals surface area contributed by atoms with Crippen molar-refractivity contribution in [1.82, 2.24) is 14.5 Å². The average molecular weight is 745 g/mol. The molecular weight excluding hydrogens is 718 g/mol. The number of fused-ring (bicyclic) bond motifs is 4. The summed E-state index contributed by atoms with van der Waals surface area (Å²) in [4.78, 5) is 10.1. The Morgan fingerprint density at radius 3 is 2.29 bits per heavy atom. The Morgan fingerprint density at radius 2 is 1.52 bits per heavy atom. The second-order valence-corrected chi connectivity index (χ2v) is 11.7. The molecule has 7 rings (SSSR count). The van der Waals surface area contributed by atoms with Gasteiger partial charge in [-0.05, 0) is 51.8 Å². The van der Waals surface area contributed by atoms with Gasteiger partial charge >= 0.3 is 21.1 Å². The molecule has 0 radical (unpaired) electrons. The molecule has 0 fully saturated rings. The molecule has 0 bridgehead atoms. The molecular formula is C36H27N3OPtS. The van der Waals surface area contributed by atoms with Gasteiger partial charge in [0, 0.05) is 28.9 Å². The maximum absolute atomic E-state index is 6.29. The number of aromatic nitrogens is 3. The number of hydrogen-bond acceptors (Lipinski definition) is 4. The quantitative estimate of drug-likeness (QED) is 0.133. The maximum Gasteiger partial charge on any atom is 2.00 e. The van der Waals surface area contributed by atoms with Gasteiger partial charge in [0.15, 0.2) is 0 Å². The third kappa shape index (κ3) is 4.97. The van der Waals surface area contributed by atoms with Crippen molar-refractivity contribution < 1.29 is 25.8 Å². The van der Waals surface area contributed by atoms with Gasteiger partial charge in [-0.15, -0.1) is 22.4 Å². The minimum absolute atomic E-state index is 0. The zero-order valence-electron chi connectivity index (χ0n) is 23.4. The molecule has 0 unspecified atom stereocenters. The molecule has 0 amide bonds. The normalized spacial score (nSPS) is 11.6. The zero-order valence-corrected chi connectivity index (χ0v) is 26.5. The molecule has 0 N–H and O–H groups in total. The van der Waals surface area contributed by atoms with E-state index in [9.17, 15) is 0 Å². The van der Waals surface area contributed by atoms with E-state index in [1.165, 1.54) is 5.56 Å². The predicted molar refractivity (Wildman–Crippen MR) is 169 cm³/mol. The van der Waals surface area contributed by atoms with E-state index < -0.39 is 0 Å². The number of para-hydroxylation sites is 1. The first-order valence-corrected chi connectivity index (χ1v) is 14.0. The molecule has 42 heavy (non-hydrogen) atoms. The SMILES string of the molecule is CC(C)(C)c1ccc(-c2ccc([S-])c3nc(Oc4[c-]c5c(cc4)c4ccccc4n5-c4ccccn4)ccc23)cc1.[Pt+2]. The van der Waals surface area contributed by atoms with Gasteiger partial charge in [-0.25, -0.2) is 9.97 Å². The van der Waals surface area contributed by atoms with Crippen molar-refractivity contribution >= 4 is 45.3 Å². The van der Waals surface area contributed by atoms with Gasteiger partial charge < -0.3 is 21.9 Å². The Hall–Kier alpha value is -4.05. The van der Waals surface area contributed by atoms with Crippen molar-refractivity contribution in [1.29, 1.82) is 0 Å². The molecule has 3 aromatic heterocycles. The van der Waals surface area contributed by atoms with Crippen molar-refractivity contribution in [3.63, 3.8) is 0 Å². The first-order chi connectivity index (χ1) is 19.9. The Kier molecular flexibility index (Phi) is 7.34. The molecule has 4 aromatic carbocycles. The van der Waals surface area contributed by atoms with Crippen molar-refractivity contribution in [3.05, 3.63) is 121 Å². The molecule has 4 nitrogen and oxygen atoms in total. The third-order valence-electron chi connectivity index (χ3n) is 7.51. The molecule has 0 saturated heterocycles. The second kappa shape index (κ2) is 11.0. The van der Waals surface area contributed by atoms with Gasteiger partial charge in [-0.2, -0.15) is 6.07 Å². The Morgan fingerprint density at radius 1 is 0.762 bits per heavy atom. The van der Waals surface area contributed by atoms with Crippen LogP contribution in [0.25, 0.3) is 49.7 Å². The van der Waals surface area contributed by atoms with Crippen LogP contribution in [-0.2, 0) is 39.1 Å². The summed E-state index contributed by atoms with van der Waals surface area (Å²) in [5.41, 5.74) is 6.35. The van der Waals surface area contributed by atoms with E-state index >= 15 is 0 Å². The van der Waals surface area contributed by atoms with Gasteiger partial charge in [-0.1, -0.05) is 87.0 Å². The summed E-state index contributed by atoms with van der Waals surface area (Å²) in [5, 5.41) is 3.22. The van der Waals surface area contributed by atoms with Crippen LogP contribution in [0, 0.1) is 6.07 Å². The van der Waals surface area contributed by atoms with Gasteiger partial charge in [-0.3, -0.25) is 0 Å². The number of hydrogen-bond donors (Lipinski definition) is 0. The van der Waals surface area contributed by atoms with Crippen molar-refractivity contribution in [2.75, 3.05) is 0 Å². The van der Waals surface area contributed by atoms with Crippen LogP contribution in [-0.4, -0.2) is 14.5 Å². The monoisotopic (exact) mass is 744 g/mol. The van der Waals surface area contributed by atoms with E-state index in [0.717, 1.165) is 49.7 Å². The number of nitrogens with zero attached hydrogens (tertiary/aromatic N) is 3. The Labute approximate surface area is 265 Å². The van der Waals surface area contributed by atoms with Gasteiger partial charge in [0.05, 0.1) is 5.52 Å². The topological polar surface area (TPSA) is 39.9 Å². The molecule has 0 aliphatic heterocycles. The molecule has 0 atom stereocenters. The summed E-state index contributed by atoms with van der Waals surface area (Å²) in [7, 11) is 0. The van der Waals surface area contributed by atoms with E-state index in [-0.39, 0.29) is 26.5 Å². The Balaban J connectivity index is 0.00000316. The standard InChI is InChI=1S/C36H28N3OS.Pt/c1-36(2,3)24-13-11-23(12-14-24)26-17-19-32(41)35-29(26)18-20-34(38-35)40-25-15-16-28-27-8-4-5-9-30(27)39(31(28)22-25)33-10-6-7-21-37-33;/h4-21,41H,1-3H3;/q-1;+2/p-1. The minimum atomic E-state index is 0. The van der Waals surface area contributed by atoms with Gasteiger partial charge in [0.25, 0.3) is 0 Å². The summed E-state index contributed by atoms with van der Waals surface area (Å²) in [6.45, 7) is 6.67. The van der Waals surface area contributed by atoms with Crippen molar-refractivity contribution in [3.8, 4) is 28.6 Å². The second-order valence-electron chi connectivity index (χ2n) is 11.2. The summed E-state index contributed by atoms with van der Waals surface area (Å²) in [5.74, 6) is 1.87. The van der Waals surface area contributed by atoms with E-state index in [1.807, 2.05) is 54.6 Å². The molecule has 3 heterocycles. The van der Waals surface area contributed by atoms with Gasteiger partial charge in [0.2, 0.25) is 5.88 Å². The van der Waals surface area contributed by atoms with Crippen LogP contribution < -0.4 is 4.74 Å². The van der Waals surface area contributed by atoms with Crippen LogP contribution in [0.2, 0.25) is 0 Å². The molecule has 0 aliphatic carbocycles. The molecule has 6 heteroatoms. The van der Waals surface area contributed by atoms with Crippen LogP contribution in [0.3, 0.4) is 0 Å². The van der Waals surface area contributed by atoms with Crippen molar-refractivity contribution in [2.45, 2.75) is 31.1 Å². The molecule has 0 spiro atoms. The fraction of sp³-hybridized carbons (Fsp3) is 0.111. The number of pyridine rings is 2. The fourth-order valence-electron chi connectivity index (χ4n) is 5.40.